The van der Waals surface area contributed by atoms with Crippen LogP contribution < -0.4 is 10.6 Å². The van der Waals surface area contributed by atoms with Crippen molar-refractivity contribution in [2.75, 3.05) is 18.5 Å². The Morgan fingerprint density at radius 2 is 1.63 bits per heavy atom. The van der Waals surface area contributed by atoms with E-state index in [9.17, 15) is 19.5 Å². The maximum atomic E-state index is 12.5. The fraction of sp³-hybridized carbons (Fsp3) is 0.222. The minimum Gasteiger partial charge on any atom is -0.478 e. The van der Waals surface area contributed by atoms with Crippen molar-refractivity contribution >= 4 is 39.6 Å². The summed E-state index contributed by atoms with van der Waals surface area (Å²) in [5, 5.41) is 14.8. The van der Waals surface area contributed by atoms with E-state index in [0.29, 0.717) is 23.1 Å². The lowest BCUT2D eigenvalue weighted by atomic mass is 9.98. The summed E-state index contributed by atoms with van der Waals surface area (Å²) in [6.07, 6.45) is 0.148. The number of alkyl carbamates (subject to hydrolysis) is 1. The van der Waals surface area contributed by atoms with Gasteiger partial charge in [-0.3, -0.25) is 4.79 Å². The number of carbonyl (C=O) groups excluding carboxylic acids is 2. The maximum absolute atomic E-state index is 12.5. The molecule has 0 aliphatic heterocycles. The van der Waals surface area contributed by atoms with Crippen molar-refractivity contribution in [2.24, 2.45) is 11.8 Å². The van der Waals surface area contributed by atoms with E-state index in [1.807, 2.05) is 24.3 Å². The number of benzene rings is 3. The fourth-order valence-corrected chi connectivity index (χ4v) is 5.08. The van der Waals surface area contributed by atoms with Gasteiger partial charge >= 0.3 is 12.1 Å². The van der Waals surface area contributed by atoms with Crippen molar-refractivity contribution in [1.29, 1.82) is 0 Å². The molecule has 0 radical (unpaired) electrons. The molecule has 0 heterocycles. The van der Waals surface area contributed by atoms with Gasteiger partial charge in [-0.15, -0.1) is 0 Å². The van der Waals surface area contributed by atoms with Crippen LogP contribution in [0.15, 0.2) is 71.2 Å². The predicted octanol–water partition coefficient (Wildman–Crippen LogP) is 5.26. The number of hydrogen-bond acceptors (Lipinski definition) is 4. The van der Waals surface area contributed by atoms with Gasteiger partial charge in [0.05, 0.1) is 5.56 Å². The van der Waals surface area contributed by atoms with Crippen molar-refractivity contribution in [3.63, 3.8) is 0 Å². The van der Waals surface area contributed by atoms with Gasteiger partial charge in [0.25, 0.3) is 0 Å². The van der Waals surface area contributed by atoms with Gasteiger partial charge in [-0.2, -0.15) is 0 Å². The Kier molecular flexibility index (Phi) is 6.30. The average molecular weight is 535 g/mol. The number of hydrogen-bond donors (Lipinski definition) is 3. The highest BCUT2D eigenvalue weighted by Crippen LogP contribution is 2.44. The number of rotatable bonds is 7. The third-order valence-electron chi connectivity index (χ3n) is 6.58. The number of aromatic carboxylic acids is 1. The summed E-state index contributed by atoms with van der Waals surface area (Å²) in [6.45, 7) is 0.583. The minimum absolute atomic E-state index is 0.00537. The van der Waals surface area contributed by atoms with Crippen LogP contribution in [0.2, 0.25) is 0 Å². The van der Waals surface area contributed by atoms with Crippen LogP contribution in [-0.4, -0.2) is 36.2 Å². The quantitative estimate of drug-likeness (QED) is 0.383. The van der Waals surface area contributed by atoms with Gasteiger partial charge in [-0.25, -0.2) is 9.59 Å². The van der Waals surface area contributed by atoms with Crippen LogP contribution in [0.4, 0.5) is 10.5 Å². The molecule has 7 nitrogen and oxygen atoms in total. The molecule has 2 atom stereocenters. The Hall–Kier alpha value is -3.65. The molecule has 0 bridgehead atoms. The highest BCUT2D eigenvalue weighted by atomic mass is 79.9. The number of carbonyl (C=O) groups is 3. The number of fused-ring (bicyclic) bond motifs is 3. The molecule has 2 aliphatic carbocycles. The van der Waals surface area contributed by atoms with Gasteiger partial charge in [-0.05, 0) is 68.7 Å². The van der Waals surface area contributed by atoms with Crippen LogP contribution in [0.3, 0.4) is 0 Å². The SMILES string of the molecule is O=C(NC[C@H]1C[C@H]1C(=O)Nc1ccc(Br)c(C(=O)O)c1)OCC1c2ccccc2-c2ccccc21. The van der Waals surface area contributed by atoms with Gasteiger partial charge < -0.3 is 20.5 Å². The number of halogens is 1. The molecule has 3 N–H and O–H groups in total. The first-order chi connectivity index (χ1) is 16.9. The molecule has 8 heteroatoms. The summed E-state index contributed by atoms with van der Waals surface area (Å²) in [6, 6.07) is 21.0. The maximum Gasteiger partial charge on any atom is 0.407 e. The number of carboxylic acids is 1. The van der Waals surface area contributed by atoms with Crippen molar-refractivity contribution < 1.29 is 24.2 Å². The van der Waals surface area contributed by atoms with E-state index in [1.165, 1.54) is 17.2 Å². The number of carboxylic acid groups (broad SMARTS) is 1. The summed E-state index contributed by atoms with van der Waals surface area (Å²) in [5.41, 5.74) is 5.15. The first kappa shape index (κ1) is 23.1. The number of anilines is 1. The molecule has 35 heavy (non-hydrogen) atoms. The summed E-state index contributed by atoms with van der Waals surface area (Å²) < 4.78 is 5.99. The van der Waals surface area contributed by atoms with Gasteiger partial charge in [0, 0.05) is 28.5 Å². The lowest BCUT2D eigenvalue weighted by Gasteiger charge is -2.14. The molecule has 0 spiro atoms. The van der Waals surface area contributed by atoms with E-state index in [4.69, 9.17) is 4.74 Å². The van der Waals surface area contributed by atoms with Gasteiger partial charge in [0.2, 0.25) is 5.91 Å². The Bertz CT molecular complexity index is 1280. The summed E-state index contributed by atoms with van der Waals surface area (Å²) in [5.74, 6) is -1.49. The molecular formula is C27H23BrN2O5. The van der Waals surface area contributed by atoms with Crippen LogP contribution in [0, 0.1) is 11.8 Å². The average Bonchev–Trinajstić information content (AvgIpc) is 3.57. The number of nitrogens with one attached hydrogen (secondary N) is 2. The highest BCUT2D eigenvalue weighted by Gasteiger charge is 2.43. The zero-order valence-electron chi connectivity index (χ0n) is 18.7. The lowest BCUT2D eigenvalue weighted by Crippen LogP contribution is -2.29. The molecule has 1 fully saturated rings. The van der Waals surface area contributed by atoms with Crippen molar-refractivity contribution in [1.82, 2.24) is 5.32 Å². The number of ether oxygens (including phenoxy) is 1. The normalized spacial score (nSPS) is 17.7. The van der Waals surface area contributed by atoms with E-state index >= 15 is 0 Å². The third kappa shape index (κ3) is 4.79. The number of amides is 2. The second kappa shape index (κ2) is 9.54. The van der Waals surface area contributed by atoms with Crippen LogP contribution in [-0.2, 0) is 9.53 Å². The molecule has 0 unspecified atom stereocenters. The second-order valence-electron chi connectivity index (χ2n) is 8.80. The van der Waals surface area contributed by atoms with E-state index < -0.39 is 12.1 Å². The van der Waals surface area contributed by atoms with Crippen molar-refractivity contribution in [2.45, 2.75) is 12.3 Å². The molecule has 2 amide bonds. The Labute approximate surface area is 210 Å². The van der Waals surface area contributed by atoms with Crippen molar-refractivity contribution in [3.05, 3.63) is 87.9 Å². The monoisotopic (exact) mass is 534 g/mol. The van der Waals surface area contributed by atoms with Crippen LogP contribution in [0.25, 0.3) is 11.1 Å². The molecule has 1 saturated carbocycles. The Balaban J connectivity index is 1.11. The molecule has 5 rings (SSSR count). The first-order valence-corrected chi connectivity index (χ1v) is 12.1. The van der Waals surface area contributed by atoms with Gasteiger partial charge in [0.1, 0.15) is 6.61 Å². The molecule has 3 aromatic rings. The van der Waals surface area contributed by atoms with E-state index in [0.717, 1.165) is 11.1 Å². The second-order valence-corrected chi connectivity index (χ2v) is 9.65. The Morgan fingerprint density at radius 1 is 0.971 bits per heavy atom. The first-order valence-electron chi connectivity index (χ1n) is 11.3. The summed E-state index contributed by atoms with van der Waals surface area (Å²) >= 11 is 3.19. The van der Waals surface area contributed by atoms with Crippen LogP contribution in [0.1, 0.15) is 33.8 Å². The van der Waals surface area contributed by atoms with Gasteiger partial charge in [-0.1, -0.05) is 48.5 Å². The van der Waals surface area contributed by atoms with E-state index in [1.54, 1.807) is 12.1 Å². The molecule has 178 valence electrons. The molecule has 2 aliphatic rings. The van der Waals surface area contributed by atoms with Gasteiger partial charge in [0.15, 0.2) is 0 Å². The fourth-order valence-electron chi connectivity index (χ4n) is 4.66. The molecular weight excluding hydrogens is 512 g/mol. The largest absolute Gasteiger partial charge is 0.478 e. The van der Waals surface area contributed by atoms with Crippen LogP contribution in [0.5, 0.6) is 0 Å². The summed E-state index contributed by atoms with van der Waals surface area (Å²) in [7, 11) is 0. The van der Waals surface area contributed by atoms with E-state index in [2.05, 4.69) is 50.8 Å². The molecule has 3 aromatic carbocycles. The highest BCUT2D eigenvalue weighted by molar-refractivity contribution is 9.10. The van der Waals surface area contributed by atoms with E-state index in [-0.39, 0.29) is 35.8 Å². The van der Waals surface area contributed by atoms with Crippen molar-refractivity contribution in [3.8, 4) is 11.1 Å². The van der Waals surface area contributed by atoms with Crippen LogP contribution >= 0.6 is 15.9 Å². The minimum atomic E-state index is -1.08. The topological polar surface area (TPSA) is 105 Å². The predicted molar refractivity (Wildman–Crippen MR) is 134 cm³/mol. The zero-order chi connectivity index (χ0) is 24.5. The smallest absolute Gasteiger partial charge is 0.407 e. The standard InChI is InChI=1S/C27H23BrN2O5/c28-24-10-9-16(12-22(24)26(32)33)30-25(31)21-11-15(21)13-29-27(34)35-14-23-19-7-3-1-5-17(19)18-6-2-4-8-20(18)23/h1-10,12,15,21,23H,11,13-14H2,(H,29,34)(H,30,31)(H,32,33)/t15-,21-/m1/s1. The Morgan fingerprint density at radius 3 is 2.29 bits per heavy atom. The molecule has 0 aromatic heterocycles. The lowest BCUT2D eigenvalue weighted by molar-refractivity contribution is -0.117. The molecule has 0 saturated heterocycles. The summed E-state index contributed by atoms with van der Waals surface area (Å²) in [4.78, 5) is 36.1. The zero-order valence-corrected chi connectivity index (χ0v) is 20.2. The third-order valence-corrected chi connectivity index (χ3v) is 7.27.